The van der Waals surface area contributed by atoms with Crippen molar-refractivity contribution in [1.29, 1.82) is 0 Å². The molecule has 1 unspecified atom stereocenters. The standard InChI is InChI=1S/C21H28F2O2/c1-3-4-7-18-17(14(2)13-20(18)25)12-11-16(24)10-9-15-6-5-8-19(22)21(15)23/h5-6,8,14,16-18,20,24-25H,3-4,7,11-13H2,1-2H3/t14-,16?,17+,18-,20+/m1/s1. The van der Waals surface area contributed by atoms with E-state index in [-0.39, 0.29) is 17.6 Å². The molecule has 1 aliphatic carbocycles. The monoisotopic (exact) mass is 350 g/mol. The molecular formula is C21H28F2O2. The lowest BCUT2D eigenvalue weighted by molar-refractivity contribution is 0.103. The highest BCUT2D eigenvalue weighted by molar-refractivity contribution is 5.36. The van der Waals surface area contributed by atoms with E-state index in [4.69, 9.17) is 0 Å². The van der Waals surface area contributed by atoms with Crippen LogP contribution in [0.4, 0.5) is 8.78 Å². The van der Waals surface area contributed by atoms with Crippen LogP contribution in [0, 0.1) is 41.2 Å². The predicted molar refractivity (Wildman–Crippen MR) is 94.8 cm³/mol. The maximum atomic E-state index is 13.6. The van der Waals surface area contributed by atoms with Crippen LogP contribution < -0.4 is 0 Å². The molecule has 25 heavy (non-hydrogen) atoms. The smallest absolute Gasteiger partial charge is 0.174 e. The van der Waals surface area contributed by atoms with Gasteiger partial charge in [-0.2, -0.15) is 0 Å². The summed E-state index contributed by atoms with van der Waals surface area (Å²) in [6.07, 6.45) is 4.18. The van der Waals surface area contributed by atoms with Gasteiger partial charge in [-0.3, -0.25) is 0 Å². The van der Waals surface area contributed by atoms with E-state index in [1.807, 2.05) is 0 Å². The summed E-state index contributed by atoms with van der Waals surface area (Å²) >= 11 is 0. The molecule has 0 aliphatic heterocycles. The summed E-state index contributed by atoms with van der Waals surface area (Å²) in [7, 11) is 0. The van der Waals surface area contributed by atoms with Gasteiger partial charge < -0.3 is 10.2 Å². The molecule has 2 N–H and O–H groups in total. The lowest BCUT2D eigenvalue weighted by atomic mass is 9.82. The quantitative estimate of drug-likeness (QED) is 0.752. The highest BCUT2D eigenvalue weighted by atomic mass is 19.2. The molecule has 4 heteroatoms. The fourth-order valence-corrected chi connectivity index (χ4v) is 3.97. The van der Waals surface area contributed by atoms with Crippen molar-refractivity contribution >= 4 is 0 Å². The predicted octanol–water partition coefficient (Wildman–Crippen LogP) is 4.28. The number of hydrogen-bond acceptors (Lipinski definition) is 2. The minimum atomic E-state index is -0.977. The molecule has 138 valence electrons. The van der Waals surface area contributed by atoms with Gasteiger partial charge in [0.05, 0.1) is 11.7 Å². The molecule has 0 radical (unpaired) electrons. The SMILES string of the molecule is CCCC[C@@H]1[C@@H](CCC(O)C#Cc2cccc(F)c2F)[C@H](C)C[C@@H]1O. The third kappa shape index (κ3) is 5.26. The lowest BCUT2D eigenvalue weighted by Gasteiger charge is -2.24. The first-order chi connectivity index (χ1) is 11.9. The van der Waals surface area contributed by atoms with Crippen LogP contribution in [0.1, 0.15) is 57.9 Å². The van der Waals surface area contributed by atoms with Gasteiger partial charge in [0, 0.05) is 0 Å². The second-order valence-corrected chi connectivity index (χ2v) is 7.21. The van der Waals surface area contributed by atoms with Gasteiger partial charge in [0.1, 0.15) is 6.10 Å². The fraction of sp³-hybridized carbons (Fsp3) is 0.619. The van der Waals surface area contributed by atoms with E-state index in [9.17, 15) is 19.0 Å². The molecule has 2 nitrogen and oxygen atoms in total. The molecule has 2 rings (SSSR count). The molecule has 1 aromatic rings. The minimum Gasteiger partial charge on any atom is -0.393 e. The Hall–Kier alpha value is -1.44. The van der Waals surface area contributed by atoms with Crippen LogP contribution in [0.2, 0.25) is 0 Å². The van der Waals surface area contributed by atoms with Crippen LogP contribution in [0.15, 0.2) is 18.2 Å². The number of unbranched alkanes of at least 4 members (excludes halogenated alkanes) is 1. The first-order valence-corrected chi connectivity index (χ1v) is 9.25. The molecule has 0 saturated heterocycles. The van der Waals surface area contributed by atoms with Crippen LogP contribution in [0.25, 0.3) is 0 Å². The van der Waals surface area contributed by atoms with E-state index in [2.05, 4.69) is 25.7 Å². The maximum Gasteiger partial charge on any atom is 0.174 e. The molecule has 1 aromatic carbocycles. The van der Waals surface area contributed by atoms with Gasteiger partial charge in [-0.25, -0.2) is 8.78 Å². The number of hydrogen-bond donors (Lipinski definition) is 2. The van der Waals surface area contributed by atoms with E-state index in [1.54, 1.807) is 0 Å². The highest BCUT2D eigenvalue weighted by Crippen LogP contribution is 2.42. The lowest BCUT2D eigenvalue weighted by Crippen LogP contribution is -2.21. The summed E-state index contributed by atoms with van der Waals surface area (Å²) in [6.45, 7) is 4.30. The Morgan fingerprint density at radius 3 is 2.72 bits per heavy atom. The van der Waals surface area contributed by atoms with Crippen molar-refractivity contribution in [2.45, 2.75) is 64.6 Å². The number of rotatable bonds is 6. The van der Waals surface area contributed by atoms with Crippen molar-refractivity contribution in [3.8, 4) is 11.8 Å². The molecule has 1 saturated carbocycles. The molecule has 0 bridgehead atoms. The van der Waals surface area contributed by atoms with Crippen LogP contribution in [-0.4, -0.2) is 22.4 Å². The Labute approximate surface area is 149 Å². The van der Waals surface area contributed by atoms with Gasteiger partial charge in [0.25, 0.3) is 0 Å². The normalized spacial score (nSPS) is 27.0. The van der Waals surface area contributed by atoms with Crippen molar-refractivity contribution in [2.24, 2.45) is 17.8 Å². The number of halogens is 2. The van der Waals surface area contributed by atoms with Gasteiger partial charge >= 0.3 is 0 Å². The van der Waals surface area contributed by atoms with Crippen molar-refractivity contribution in [3.05, 3.63) is 35.4 Å². The average Bonchev–Trinajstić information content (AvgIpc) is 2.85. The second-order valence-electron chi connectivity index (χ2n) is 7.21. The Balaban J connectivity index is 1.93. The summed E-state index contributed by atoms with van der Waals surface area (Å²) in [4.78, 5) is 0. The van der Waals surface area contributed by atoms with Crippen LogP contribution in [0.5, 0.6) is 0 Å². The minimum absolute atomic E-state index is 0.0375. The number of aliphatic hydroxyl groups is 2. The molecule has 0 aromatic heterocycles. The molecule has 1 aliphatic rings. The molecule has 0 spiro atoms. The van der Waals surface area contributed by atoms with Crippen LogP contribution in [-0.2, 0) is 0 Å². The first kappa shape index (κ1) is 19.9. The second kappa shape index (κ2) is 9.31. The maximum absolute atomic E-state index is 13.6. The fourth-order valence-electron chi connectivity index (χ4n) is 3.97. The van der Waals surface area contributed by atoms with Gasteiger partial charge in [-0.05, 0) is 55.6 Å². The Morgan fingerprint density at radius 1 is 1.24 bits per heavy atom. The van der Waals surface area contributed by atoms with Crippen LogP contribution >= 0.6 is 0 Å². The van der Waals surface area contributed by atoms with E-state index in [0.29, 0.717) is 18.3 Å². The molecule has 1 fully saturated rings. The summed E-state index contributed by atoms with van der Waals surface area (Å²) in [5, 5.41) is 20.4. The Bertz CT molecular complexity index is 620. The third-order valence-corrected chi connectivity index (χ3v) is 5.38. The summed E-state index contributed by atoms with van der Waals surface area (Å²) < 4.78 is 26.7. The van der Waals surface area contributed by atoms with Crippen molar-refractivity contribution in [2.75, 3.05) is 0 Å². The Kier molecular flexibility index (Phi) is 7.40. The molecular weight excluding hydrogens is 322 g/mol. The number of aliphatic hydroxyl groups excluding tert-OH is 2. The largest absolute Gasteiger partial charge is 0.393 e. The van der Waals surface area contributed by atoms with E-state index in [0.717, 1.165) is 38.2 Å². The van der Waals surface area contributed by atoms with Gasteiger partial charge in [0.15, 0.2) is 11.6 Å². The zero-order valence-electron chi connectivity index (χ0n) is 15.0. The topological polar surface area (TPSA) is 40.5 Å². The summed E-state index contributed by atoms with van der Waals surface area (Å²) in [5.41, 5.74) is -0.0375. The van der Waals surface area contributed by atoms with E-state index < -0.39 is 17.7 Å². The van der Waals surface area contributed by atoms with Crippen molar-refractivity contribution < 1.29 is 19.0 Å². The van der Waals surface area contributed by atoms with Gasteiger partial charge in [-0.15, -0.1) is 0 Å². The molecule has 5 atom stereocenters. The van der Waals surface area contributed by atoms with Crippen LogP contribution in [0.3, 0.4) is 0 Å². The average molecular weight is 350 g/mol. The zero-order chi connectivity index (χ0) is 18.4. The molecule has 0 heterocycles. The first-order valence-electron chi connectivity index (χ1n) is 9.25. The highest BCUT2D eigenvalue weighted by Gasteiger charge is 2.39. The summed E-state index contributed by atoms with van der Waals surface area (Å²) in [6, 6.07) is 3.84. The van der Waals surface area contributed by atoms with E-state index >= 15 is 0 Å². The van der Waals surface area contributed by atoms with Gasteiger partial charge in [0.2, 0.25) is 0 Å². The molecule has 0 amide bonds. The third-order valence-electron chi connectivity index (χ3n) is 5.38. The van der Waals surface area contributed by atoms with E-state index in [1.165, 1.54) is 12.1 Å². The number of benzene rings is 1. The van der Waals surface area contributed by atoms with Crippen molar-refractivity contribution in [1.82, 2.24) is 0 Å². The summed E-state index contributed by atoms with van der Waals surface area (Å²) in [5.74, 6) is 4.32. The zero-order valence-corrected chi connectivity index (χ0v) is 15.0. The van der Waals surface area contributed by atoms with Gasteiger partial charge in [-0.1, -0.05) is 44.6 Å². The van der Waals surface area contributed by atoms with Crippen molar-refractivity contribution in [3.63, 3.8) is 0 Å². The Morgan fingerprint density at radius 2 is 2.00 bits per heavy atom.